The van der Waals surface area contributed by atoms with Crippen LogP contribution in [0.4, 0.5) is 11.4 Å². The van der Waals surface area contributed by atoms with Gasteiger partial charge in [-0.2, -0.15) is 0 Å². The Morgan fingerprint density at radius 3 is 2.57 bits per heavy atom. The number of sulfonamides is 1. The van der Waals surface area contributed by atoms with Crippen molar-refractivity contribution in [3.63, 3.8) is 0 Å². The molecular weight excluding hydrogens is 372 g/mol. The number of hydrogen-bond acceptors (Lipinski definition) is 3. The van der Waals surface area contributed by atoms with Gasteiger partial charge in [0.25, 0.3) is 0 Å². The lowest BCUT2D eigenvalue weighted by Crippen LogP contribution is -2.37. The average molecular weight is 399 g/mol. The van der Waals surface area contributed by atoms with E-state index in [2.05, 4.69) is 17.4 Å². The zero-order valence-corrected chi connectivity index (χ0v) is 16.7. The molecule has 1 heterocycles. The Kier molecular flexibility index (Phi) is 5.40. The van der Waals surface area contributed by atoms with Gasteiger partial charge in [0, 0.05) is 18.7 Å². The Balaban J connectivity index is 1.46. The van der Waals surface area contributed by atoms with Crippen LogP contribution in [0.25, 0.3) is 0 Å². The molecule has 0 aromatic heterocycles. The van der Waals surface area contributed by atoms with Gasteiger partial charge in [0.1, 0.15) is 0 Å². The third-order valence-corrected chi connectivity index (χ3v) is 7.46. The maximum Gasteiger partial charge on any atom is 0.235 e. The summed E-state index contributed by atoms with van der Waals surface area (Å²) < 4.78 is 26.1. The van der Waals surface area contributed by atoms with E-state index in [-0.39, 0.29) is 17.6 Å². The molecule has 1 atom stereocenters. The fourth-order valence-electron chi connectivity index (χ4n) is 3.98. The predicted molar refractivity (Wildman–Crippen MR) is 112 cm³/mol. The fraction of sp³-hybridized carbons (Fsp3) is 0.409. The quantitative estimate of drug-likeness (QED) is 0.795. The van der Waals surface area contributed by atoms with Crippen molar-refractivity contribution < 1.29 is 13.2 Å². The summed E-state index contributed by atoms with van der Waals surface area (Å²) in [5, 5.41) is 2.97. The van der Waals surface area contributed by atoms with Gasteiger partial charge in [-0.1, -0.05) is 36.4 Å². The Labute approximate surface area is 166 Å². The third kappa shape index (κ3) is 4.38. The lowest BCUT2D eigenvalue weighted by Gasteiger charge is -2.28. The molecule has 0 radical (unpaired) electrons. The summed E-state index contributed by atoms with van der Waals surface area (Å²) in [6.45, 7) is 0.498. The molecule has 5 nitrogen and oxygen atoms in total. The van der Waals surface area contributed by atoms with Crippen LogP contribution in [0, 0.1) is 5.92 Å². The zero-order chi connectivity index (χ0) is 19.6. The number of benzene rings is 2. The summed E-state index contributed by atoms with van der Waals surface area (Å²) in [5.41, 5.74) is 2.48. The van der Waals surface area contributed by atoms with Crippen molar-refractivity contribution >= 4 is 27.3 Å². The number of nitrogens with zero attached hydrogens (tertiary/aromatic N) is 1. The second kappa shape index (κ2) is 7.95. The molecule has 6 heteroatoms. The van der Waals surface area contributed by atoms with E-state index in [1.165, 1.54) is 22.7 Å². The highest BCUT2D eigenvalue weighted by Crippen LogP contribution is 2.44. The van der Waals surface area contributed by atoms with Crippen LogP contribution >= 0.6 is 0 Å². The molecule has 2 aliphatic rings. The molecule has 2 aromatic rings. The predicted octanol–water partition coefficient (Wildman–Crippen LogP) is 4.14. The minimum atomic E-state index is -3.26. The van der Waals surface area contributed by atoms with E-state index >= 15 is 0 Å². The van der Waals surface area contributed by atoms with E-state index in [9.17, 15) is 13.2 Å². The molecule has 1 aliphatic carbocycles. The van der Waals surface area contributed by atoms with E-state index < -0.39 is 10.0 Å². The molecule has 1 aliphatic heterocycles. The minimum absolute atomic E-state index is 0.0283. The largest absolute Gasteiger partial charge is 0.326 e. The Hall–Kier alpha value is -2.34. The van der Waals surface area contributed by atoms with Gasteiger partial charge in [-0.15, -0.1) is 0 Å². The molecule has 2 fully saturated rings. The molecule has 0 spiro atoms. The van der Waals surface area contributed by atoms with Crippen LogP contribution in [0.15, 0.2) is 54.6 Å². The molecule has 4 rings (SSSR count). The highest BCUT2D eigenvalue weighted by Gasteiger charge is 2.33. The summed E-state index contributed by atoms with van der Waals surface area (Å²) in [5.74, 6) is 0.980. The molecule has 2 aromatic carbocycles. The van der Waals surface area contributed by atoms with Gasteiger partial charge >= 0.3 is 0 Å². The maximum atomic E-state index is 12.7. The fourth-order valence-corrected chi connectivity index (χ4v) is 5.62. The van der Waals surface area contributed by atoms with Crippen LogP contribution < -0.4 is 9.62 Å². The van der Waals surface area contributed by atoms with E-state index in [1.807, 2.05) is 24.3 Å². The van der Waals surface area contributed by atoms with Crippen molar-refractivity contribution in [2.24, 2.45) is 5.92 Å². The Bertz CT molecular complexity index is 939. The first kappa shape index (κ1) is 19.0. The van der Waals surface area contributed by atoms with Crippen LogP contribution in [0.2, 0.25) is 0 Å². The Morgan fingerprint density at radius 1 is 1.07 bits per heavy atom. The molecule has 28 heavy (non-hydrogen) atoms. The molecule has 1 saturated carbocycles. The van der Waals surface area contributed by atoms with Gasteiger partial charge in [-0.05, 0) is 61.3 Å². The van der Waals surface area contributed by atoms with Crippen LogP contribution in [0.1, 0.15) is 43.6 Å². The van der Waals surface area contributed by atoms with Crippen molar-refractivity contribution in [2.45, 2.75) is 38.0 Å². The molecule has 148 valence electrons. The molecular formula is C22H26N2O3S. The van der Waals surface area contributed by atoms with Gasteiger partial charge in [-0.3, -0.25) is 9.10 Å². The number of carbonyl (C=O) groups excluding carboxylic acids is 1. The van der Waals surface area contributed by atoms with E-state index in [1.54, 1.807) is 18.2 Å². The topological polar surface area (TPSA) is 66.5 Å². The minimum Gasteiger partial charge on any atom is -0.326 e. The molecule has 1 N–H and O–H groups in total. The molecule has 0 bridgehead atoms. The van der Waals surface area contributed by atoms with Crippen LogP contribution in [0.5, 0.6) is 0 Å². The SMILES string of the molecule is O=C(CC(c1ccccc1)C1CC1)Nc1cccc(N2CCCCS2(=O)=O)c1. The number of anilines is 2. The van der Waals surface area contributed by atoms with Gasteiger partial charge < -0.3 is 5.32 Å². The van der Waals surface area contributed by atoms with Crippen molar-refractivity contribution in [3.05, 3.63) is 60.2 Å². The molecule has 1 amide bonds. The van der Waals surface area contributed by atoms with Crippen LogP contribution in [0.3, 0.4) is 0 Å². The van der Waals surface area contributed by atoms with Crippen molar-refractivity contribution in [3.8, 4) is 0 Å². The molecule has 1 saturated heterocycles. The average Bonchev–Trinajstić information content (AvgIpc) is 3.52. The van der Waals surface area contributed by atoms with E-state index in [0.29, 0.717) is 36.7 Å². The number of carbonyl (C=O) groups is 1. The first-order valence-corrected chi connectivity index (χ1v) is 11.6. The Morgan fingerprint density at radius 2 is 1.86 bits per heavy atom. The standard InChI is InChI=1S/C22H26N2O3S/c25-22(16-21(18-11-12-18)17-7-2-1-3-8-17)23-19-9-6-10-20(15-19)24-13-4-5-14-28(24,26)27/h1-3,6-10,15,18,21H,4-5,11-14,16H2,(H,23,25). The number of amides is 1. The van der Waals surface area contributed by atoms with Gasteiger partial charge in [-0.25, -0.2) is 8.42 Å². The highest BCUT2D eigenvalue weighted by molar-refractivity contribution is 7.92. The van der Waals surface area contributed by atoms with Crippen molar-refractivity contribution in [1.82, 2.24) is 0 Å². The van der Waals surface area contributed by atoms with Crippen molar-refractivity contribution in [2.75, 3.05) is 21.9 Å². The van der Waals surface area contributed by atoms with Crippen LogP contribution in [-0.2, 0) is 14.8 Å². The summed E-state index contributed by atoms with van der Waals surface area (Å²) in [6.07, 6.45) is 4.36. The summed E-state index contributed by atoms with van der Waals surface area (Å²) in [4.78, 5) is 12.7. The highest BCUT2D eigenvalue weighted by atomic mass is 32.2. The number of hydrogen-bond donors (Lipinski definition) is 1. The van der Waals surface area contributed by atoms with Gasteiger partial charge in [0.2, 0.25) is 15.9 Å². The van der Waals surface area contributed by atoms with Gasteiger partial charge in [0.05, 0.1) is 11.4 Å². The number of nitrogens with one attached hydrogen (secondary N) is 1. The monoisotopic (exact) mass is 398 g/mol. The first-order chi connectivity index (χ1) is 13.5. The lowest BCUT2D eigenvalue weighted by atomic mass is 9.91. The summed E-state index contributed by atoms with van der Waals surface area (Å²) in [6, 6.07) is 17.4. The normalized spacial score (nSPS) is 19.8. The van der Waals surface area contributed by atoms with Crippen molar-refractivity contribution in [1.29, 1.82) is 0 Å². The molecule has 1 unspecified atom stereocenters. The third-order valence-electron chi connectivity index (χ3n) is 5.59. The summed E-state index contributed by atoms with van der Waals surface area (Å²) in [7, 11) is -3.26. The lowest BCUT2D eigenvalue weighted by molar-refractivity contribution is -0.116. The maximum absolute atomic E-state index is 12.7. The van der Waals surface area contributed by atoms with Gasteiger partial charge in [0.15, 0.2) is 0 Å². The second-order valence-corrected chi connectivity index (χ2v) is 9.77. The van der Waals surface area contributed by atoms with Crippen LogP contribution in [-0.4, -0.2) is 26.6 Å². The smallest absolute Gasteiger partial charge is 0.235 e. The number of rotatable bonds is 6. The second-order valence-electron chi connectivity index (χ2n) is 7.75. The summed E-state index contributed by atoms with van der Waals surface area (Å²) >= 11 is 0. The first-order valence-electron chi connectivity index (χ1n) is 9.98. The van der Waals surface area contributed by atoms with E-state index in [4.69, 9.17) is 0 Å². The van der Waals surface area contributed by atoms with E-state index in [0.717, 1.165) is 6.42 Å². The zero-order valence-electron chi connectivity index (χ0n) is 15.9.